The highest BCUT2D eigenvalue weighted by Gasteiger charge is 2.29. The molecule has 2 aromatic rings. The number of anilines is 2. The summed E-state index contributed by atoms with van der Waals surface area (Å²) in [6.07, 6.45) is -0.135. The van der Waals surface area contributed by atoms with E-state index < -0.39 is 23.7 Å². The number of amides is 2. The molecule has 3 rings (SSSR count). The molecule has 2 aromatic carbocycles. The van der Waals surface area contributed by atoms with Crippen molar-refractivity contribution in [3.05, 3.63) is 42.5 Å². The number of fused-ring (bicyclic) bond motifs is 1. The summed E-state index contributed by atoms with van der Waals surface area (Å²) in [6, 6.07) is 12.3. The zero-order chi connectivity index (χ0) is 20.8. The van der Waals surface area contributed by atoms with Gasteiger partial charge in [0.1, 0.15) is 11.5 Å². The Labute approximate surface area is 171 Å². The molecule has 8 nitrogen and oxygen atoms in total. The van der Waals surface area contributed by atoms with E-state index in [0.717, 1.165) is 10.6 Å². The van der Waals surface area contributed by atoms with Gasteiger partial charge in [-0.05, 0) is 24.3 Å². The number of carbonyl (C=O) groups excluding carboxylic acids is 3. The quantitative estimate of drug-likeness (QED) is 0.669. The second-order valence-corrected chi connectivity index (χ2v) is 7.32. The molecule has 0 saturated heterocycles. The lowest BCUT2D eigenvalue weighted by atomic mass is 10.2. The molecular formula is C20H20N2O6S. The SMILES string of the molecule is COc1ccc(NC(=O)COC(=O)C[C@@H]2Sc3ccccc3NC2=O)c(OC)c1. The Morgan fingerprint density at radius 2 is 1.93 bits per heavy atom. The van der Waals surface area contributed by atoms with Crippen LogP contribution in [0.3, 0.4) is 0 Å². The fourth-order valence-electron chi connectivity index (χ4n) is 2.67. The van der Waals surface area contributed by atoms with Gasteiger partial charge in [-0.2, -0.15) is 0 Å². The Hall–Kier alpha value is -3.20. The summed E-state index contributed by atoms with van der Waals surface area (Å²) in [5.74, 6) is -0.422. The van der Waals surface area contributed by atoms with Gasteiger partial charge in [0.05, 0.1) is 37.3 Å². The molecule has 29 heavy (non-hydrogen) atoms. The number of esters is 1. The molecule has 0 unspecified atom stereocenters. The maximum atomic E-state index is 12.2. The van der Waals surface area contributed by atoms with E-state index in [0.29, 0.717) is 17.2 Å². The van der Waals surface area contributed by atoms with E-state index in [1.807, 2.05) is 18.2 Å². The van der Waals surface area contributed by atoms with E-state index in [9.17, 15) is 14.4 Å². The maximum absolute atomic E-state index is 12.2. The van der Waals surface area contributed by atoms with Gasteiger partial charge in [-0.3, -0.25) is 14.4 Å². The van der Waals surface area contributed by atoms with Crippen LogP contribution in [0.15, 0.2) is 47.4 Å². The van der Waals surface area contributed by atoms with Crippen molar-refractivity contribution in [2.45, 2.75) is 16.6 Å². The third-order valence-electron chi connectivity index (χ3n) is 4.11. The normalized spacial score (nSPS) is 15.0. The minimum absolute atomic E-state index is 0.135. The molecule has 0 aromatic heterocycles. The second kappa shape index (κ2) is 9.33. The Balaban J connectivity index is 1.51. The predicted molar refractivity (Wildman–Crippen MR) is 108 cm³/mol. The molecule has 2 N–H and O–H groups in total. The van der Waals surface area contributed by atoms with Crippen molar-refractivity contribution >= 4 is 40.9 Å². The molecule has 0 spiro atoms. The largest absolute Gasteiger partial charge is 0.497 e. The van der Waals surface area contributed by atoms with E-state index in [4.69, 9.17) is 14.2 Å². The third-order valence-corrected chi connectivity index (χ3v) is 5.38. The Kier molecular flexibility index (Phi) is 6.61. The van der Waals surface area contributed by atoms with E-state index in [1.165, 1.54) is 26.0 Å². The van der Waals surface area contributed by atoms with Crippen LogP contribution in [0.5, 0.6) is 11.5 Å². The van der Waals surface area contributed by atoms with Crippen LogP contribution in [-0.4, -0.2) is 43.9 Å². The maximum Gasteiger partial charge on any atom is 0.307 e. The zero-order valence-corrected chi connectivity index (χ0v) is 16.7. The van der Waals surface area contributed by atoms with Crippen molar-refractivity contribution in [1.29, 1.82) is 0 Å². The van der Waals surface area contributed by atoms with Crippen molar-refractivity contribution in [2.24, 2.45) is 0 Å². The monoisotopic (exact) mass is 416 g/mol. The van der Waals surface area contributed by atoms with Crippen molar-refractivity contribution in [2.75, 3.05) is 31.5 Å². The van der Waals surface area contributed by atoms with Crippen molar-refractivity contribution in [1.82, 2.24) is 0 Å². The number of methoxy groups -OCH3 is 2. The van der Waals surface area contributed by atoms with E-state index in [-0.39, 0.29) is 12.3 Å². The number of hydrogen-bond acceptors (Lipinski definition) is 7. The van der Waals surface area contributed by atoms with Crippen molar-refractivity contribution < 1.29 is 28.6 Å². The second-order valence-electron chi connectivity index (χ2n) is 6.07. The first-order chi connectivity index (χ1) is 14.0. The Morgan fingerprint density at radius 3 is 2.69 bits per heavy atom. The van der Waals surface area contributed by atoms with Gasteiger partial charge in [0, 0.05) is 11.0 Å². The van der Waals surface area contributed by atoms with Crippen LogP contribution in [0.2, 0.25) is 0 Å². The standard InChI is InChI=1S/C20H20N2O6S/c1-26-12-7-8-13(15(9-12)27-2)21-18(23)11-28-19(24)10-17-20(25)22-14-5-3-4-6-16(14)29-17/h3-9,17H,10-11H2,1-2H3,(H,21,23)(H,22,25)/t17-/m0/s1. The van der Waals surface area contributed by atoms with E-state index >= 15 is 0 Å². The lowest BCUT2D eigenvalue weighted by molar-refractivity contribution is -0.147. The molecule has 9 heteroatoms. The highest BCUT2D eigenvalue weighted by molar-refractivity contribution is 8.01. The van der Waals surface area contributed by atoms with Gasteiger partial charge in [-0.25, -0.2) is 0 Å². The molecule has 1 aliphatic heterocycles. The average Bonchev–Trinajstić information content (AvgIpc) is 2.73. The lowest BCUT2D eigenvalue weighted by Gasteiger charge is -2.23. The summed E-state index contributed by atoms with van der Waals surface area (Å²) < 4.78 is 15.3. The average molecular weight is 416 g/mol. The number of thioether (sulfide) groups is 1. The summed E-state index contributed by atoms with van der Waals surface area (Å²) in [4.78, 5) is 37.2. The highest BCUT2D eigenvalue weighted by atomic mass is 32.2. The number of carbonyl (C=O) groups is 3. The van der Waals surface area contributed by atoms with Gasteiger partial charge >= 0.3 is 5.97 Å². The van der Waals surface area contributed by atoms with Gasteiger partial charge in [-0.15, -0.1) is 11.8 Å². The number of hydrogen-bond donors (Lipinski definition) is 2. The van der Waals surface area contributed by atoms with Crippen LogP contribution < -0.4 is 20.1 Å². The summed E-state index contributed by atoms with van der Waals surface area (Å²) >= 11 is 1.30. The summed E-state index contributed by atoms with van der Waals surface area (Å²) in [5.41, 5.74) is 1.15. The molecule has 2 amide bonds. The third kappa shape index (κ3) is 5.20. The Morgan fingerprint density at radius 1 is 1.14 bits per heavy atom. The topological polar surface area (TPSA) is 103 Å². The first-order valence-corrected chi connectivity index (χ1v) is 9.62. The van der Waals surface area contributed by atoms with E-state index in [2.05, 4.69) is 10.6 Å². The van der Waals surface area contributed by atoms with Crippen LogP contribution >= 0.6 is 11.8 Å². The minimum Gasteiger partial charge on any atom is -0.497 e. The summed E-state index contributed by atoms with van der Waals surface area (Å²) in [5, 5.41) is 4.77. The molecule has 152 valence electrons. The molecule has 0 bridgehead atoms. The fourth-order valence-corrected chi connectivity index (χ4v) is 3.77. The first kappa shape index (κ1) is 20.5. The zero-order valence-electron chi connectivity index (χ0n) is 15.9. The number of rotatable bonds is 7. The molecular weight excluding hydrogens is 396 g/mol. The molecule has 0 fully saturated rings. The Bertz CT molecular complexity index is 933. The fraction of sp³-hybridized carbons (Fsp3) is 0.250. The van der Waals surface area contributed by atoms with E-state index in [1.54, 1.807) is 24.3 Å². The van der Waals surface area contributed by atoms with Crippen LogP contribution in [-0.2, 0) is 19.1 Å². The van der Waals surface area contributed by atoms with Gasteiger partial charge in [-0.1, -0.05) is 12.1 Å². The van der Waals surface area contributed by atoms with Gasteiger partial charge in [0.15, 0.2) is 6.61 Å². The molecule has 1 atom stereocenters. The number of benzene rings is 2. The summed E-state index contributed by atoms with van der Waals surface area (Å²) in [6.45, 7) is -0.469. The first-order valence-electron chi connectivity index (χ1n) is 8.74. The van der Waals surface area contributed by atoms with Gasteiger partial charge in [0.25, 0.3) is 5.91 Å². The van der Waals surface area contributed by atoms with Crippen molar-refractivity contribution in [3.63, 3.8) is 0 Å². The smallest absolute Gasteiger partial charge is 0.307 e. The molecule has 0 saturated carbocycles. The van der Waals surface area contributed by atoms with Crippen LogP contribution in [0, 0.1) is 0 Å². The minimum atomic E-state index is -0.631. The van der Waals surface area contributed by atoms with Crippen LogP contribution in [0.4, 0.5) is 11.4 Å². The molecule has 1 aliphatic rings. The molecule has 1 heterocycles. The predicted octanol–water partition coefficient (Wildman–Crippen LogP) is 2.69. The van der Waals surface area contributed by atoms with Gasteiger partial charge in [0.2, 0.25) is 5.91 Å². The summed E-state index contributed by atoms with van der Waals surface area (Å²) in [7, 11) is 2.99. The lowest BCUT2D eigenvalue weighted by Crippen LogP contribution is -2.32. The number of nitrogens with one attached hydrogen (secondary N) is 2. The van der Waals surface area contributed by atoms with Crippen molar-refractivity contribution in [3.8, 4) is 11.5 Å². The molecule has 0 aliphatic carbocycles. The molecule has 0 radical (unpaired) electrons. The highest BCUT2D eigenvalue weighted by Crippen LogP contribution is 2.36. The number of ether oxygens (including phenoxy) is 3. The van der Waals surface area contributed by atoms with Gasteiger partial charge < -0.3 is 24.8 Å². The number of para-hydroxylation sites is 1. The van der Waals surface area contributed by atoms with Crippen LogP contribution in [0.25, 0.3) is 0 Å². The van der Waals surface area contributed by atoms with Crippen LogP contribution in [0.1, 0.15) is 6.42 Å².